The molecular weight excluding hydrogens is 238 g/mol. The zero-order valence-corrected chi connectivity index (χ0v) is 10.3. The number of methoxy groups -OCH3 is 1. The van der Waals surface area contributed by atoms with E-state index in [4.69, 9.17) is 10.6 Å². The largest absolute Gasteiger partial charge is 0.469 e. The van der Waals surface area contributed by atoms with Gasteiger partial charge >= 0.3 is 5.97 Å². The number of nitrogens with zero attached hydrogens (tertiary/aromatic N) is 2. The number of amides is 2. The number of nitrogens with two attached hydrogens (primary N) is 1. The Kier molecular flexibility index (Phi) is 3.51. The van der Waals surface area contributed by atoms with Crippen molar-refractivity contribution in [1.82, 2.24) is 9.91 Å². The van der Waals surface area contributed by atoms with Crippen LogP contribution in [0.5, 0.6) is 0 Å². The highest BCUT2D eigenvalue weighted by Crippen LogP contribution is 2.28. The first kappa shape index (κ1) is 12.8. The van der Waals surface area contributed by atoms with Crippen molar-refractivity contribution in [2.45, 2.75) is 25.3 Å². The maximum atomic E-state index is 12.2. The molecule has 2 heterocycles. The summed E-state index contributed by atoms with van der Waals surface area (Å²) in [4.78, 5) is 37.3. The Hall–Kier alpha value is -1.63. The summed E-state index contributed by atoms with van der Waals surface area (Å²) in [5, 5.41) is 1.03. The summed E-state index contributed by atoms with van der Waals surface area (Å²) in [7, 11) is 1.28. The van der Waals surface area contributed by atoms with Crippen LogP contribution in [0.25, 0.3) is 0 Å². The molecule has 0 aliphatic carbocycles. The fourth-order valence-electron chi connectivity index (χ4n) is 2.62. The average Bonchev–Trinajstić information content (AvgIpc) is 2.50. The van der Waals surface area contributed by atoms with Crippen molar-refractivity contribution in [3.05, 3.63) is 0 Å². The standard InChI is InChI=1S/C11H17N3O4/c1-18-11(17)7-3-2-5-13-8(15)4-6-14(12)10(16)9(7)13/h7,9H,2-6,12H2,1H3/t7-,9+/m1/s1. The summed E-state index contributed by atoms with van der Waals surface area (Å²) < 4.78 is 4.71. The molecule has 2 rings (SSSR count). The lowest BCUT2D eigenvalue weighted by atomic mass is 9.88. The van der Waals surface area contributed by atoms with Gasteiger partial charge in [0.05, 0.1) is 13.0 Å². The number of ether oxygens (including phenoxy) is 1. The number of esters is 1. The summed E-state index contributed by atoms with van der Waals surface area (Å²) >= 11 is 0. The molecule has 2 fully saturated rings. The number of rotatable bonds is 1. The van der Waals surface area contributed by atoms with Crippen LogP contribution >= 0.6 is 0 Å². The number of hydrogen-bond acceptors (Lipinski definition) is 5. The van der Waals surface area contributed by atoms with Crippen LogP contribution in [0.3, 0.4) is 0 Å². The van der Waals surface area contributed by atoms with Gasteiger partial charge in [0.25, 0.3) is 5.91 Å². The third-order valence-electron chi connectivity index (χ3n) is 3.56. The summed E-state index contributed by atoms with van der Waals surface area (Å²) in [6.07, 6.45) is 1.44. The minimum Gasteiger partial charge on any atom is -0.469 e. The normalized spacial score (nSPS) is 28.8. The maximum absolute atomic E-state index is 12.2. The lowest BCUT2D eigenvalue weighted by Gasteiger charge is -2.38. The van der Waals surface area contributed by atoms with Crippen molar-refractivity contribution in [2.24, 2.45) is 11.8 Å². The predicted octanol–water partition coefficient (Wildman–Crippen LogP) is -1.13. The first-order valence-electron chi connectivity index (χ1n) is 5.99. The zero-order valence-electron chi connectivity index (χ0n) is 10.3. The minimum absolute atomic E-state index is 0.130. The molecule has 0 saturated carbocycles. The molecule has 0 spiro atoms. The van der Waals surface area contributed by atoms with Gasteiger partial charge in [-0.05, 0) is 12.8 Å². The van der Waals surface area contributed by atoms with Gasteiger partial charge in [-0.3, -0.25) is 19.4 Å². The molecule has 2 saturated heterocycles. The van der Waals surface area contributed by atoms with Gasteiger partial charge in [-0.15, -0.1) is 0 Å². The Balaban J connectivity index is 2.32. The van der Waals surface area contributed by atoms with Crippen LogP contribution in [0.2, 0.25) is 0 Å². The summed E-state index contributed by atoms with van der Waals surface area (Å²) in [5.74, 6) is 4.03. The molecule has 0 bridgehead atoms. The molecule has 0 unspecified atom stereocenters. The smallest absolute Gasteiger partial charge is 0.311 e. The molecule has 0 aromatic heterocycles. The van der Waals surface area contributed by atoms with Crippen LogP contribution in [-0.2, 0) is 19.1 Å². The van der Waals surface area contributed by atoms with Crippen molar-refractivity contribution in [2.75, 3.05) is 20.2 Å². The quantitative estimate of drug-likeness (QED) is 0.363. The predicted molar refractivity (Wildman–Crippen MR) is 60.8 cm³/mol. The van der Waals surface area contributed by atoms with E-state index in [9.17, 15) is 14.4 Å². The Labute approximate surface area is 105 Å². The maximum Gasteiger partial charge on any atom is 0.311 e. The second-order valence-corrected chi connectivity index (χ2v) is 4.59. The molecule has 2 amide bonds. The highest BCUT2D eigenvalue weighted by molar-refractivity contribution is 5.93. The number of carbonyl (C=O) groups is 3. The molecule has 0 aromatic rings. The monoisotopic (exact) mass is 255 g/mol. The lowest BCUT2D eigenvalue weighted by molar-refractivity contribution is -0.158. The molecule has 7 heteroatoms. The van der Waals surface area contributed by atoms with E-state index in [1.807, 2.05) is 0 Å². The Morgan fingerprint density at radius 3 is 2.78 bits per heavy atom. The average molecular weight is 255 g/mol. The van der Waals surface area contributed by atoms with E-state index in [1.54, 1.807) is 0 Å². The SMILES string of the molecule is COC(=O)[C@@H]1CCCN2C(=O)CCN(N)C(=O)[C@H]12. The molecule has 2 atom stereocenters. The highest BCUT2D eigenvalue weighted by atomic mass is 16.5. The third kappa shape index (κ3) is 2.05. The second-order valence-electron chi connectivity index (χ2n) is 4.59. The summed E-state index contributed by atoms with van der Waals surface area (Å²) in [5.41, 5.74) is 0. The van der Waals surface area contributed by atoms with Gasteiger partial charge in [-0.25, -0.2) is 5.84 Å². The molecule has 100 valence electrons. The molecule has 18 heavy (non-hydrogen) atoms. The molecule has 2 N–H and O–H groups in total. The van der Waals surface area contributed by atoms with Crippen LogP contribution in [0.4, 0.5) is 0 Å². The minimum atomic E-state index is -0.800. The van der Waals surface area contributed by atoms with Crippen LogP contribution in [-0.4, -0.2) is 53.9 Å². The van der Waals surface area contributed by atoms with Crippen molar-refractivity contribution < 1.29 is 19.1 Å². The van der Waals surface area contributed by atoms with Crippen molar-refractivity contribution in [3.8, 4) is 0 Å². The highest BCUT2D eigenvalue weighted by Gasteiger charge is 2.46. The number of hydrazine groups is 1. The van der Waals surface area contributed by atoms with Gasteiger partial charge in [-0.2, -0.15) is 0 Å². The van der Waals surface area contributed by atoms with Gasteiger partial charge in [0.2, 0.25) is 5.91 Å². The molecule has 7 nitrogen and oxygen atoms in total. The molecule has 0 aromatic carbocycles. The first-order chi connectivity index (χ1) is 8.56. The van der Waals surface area contributed by atoms with Gasteiger partial charge in [-0.1, -0.05) is 0 Å². The van der Waals surface area contributed by atoms with E-state index in [1.165, 1.54) is 12.0 Å². The van der Waals surface area contributed by atoms with Gasteiger partial charge in [0, 0.05) is 19.5 Å². The van der Waals surface area contributed by atoms with Gasteiger partial charge < -0.3 is 9.64 Å². The second kappa shape index (κ2) is 4.93. The van der Waals surface area contributed by atoms with E-state index in [2.05, 4.69) is 0 Å². The zero-order chi connectivity index (χ0) is 13.3. The van der Waals surface area contributed by atoms with Crippen molar-refractivity contribution in [3.63, 3.8) is 0 Å². The summed E-state index contributed by atoms with van der Waals surface area (Å²) in [6.45, 7) is 0.690. The Morgan fingerprint density at radius 1 is 1.39 bits per heavy atom. The van der Waals surface area contributed by atoms with E-state index in [0.29, 0.717) is 19.4 Å². The third-order valence-corrected chi connectivity index (χ3v) is 3.56. The number of fused-ring (bicyclic) bond motifs is 1. The van der Waals surface area contributed by atoms with Crippen LogP contribution < -0.4 is 5.84 Å². The molecule has 2 aliphatic rings. The van der Waals surface area contributed by atoms with Gasteiger partial charge in [0.1, 0.15) is 6.04 Å². The summed E-state index contributed by atoms with van der Waals surface area (Å²) in [6, 6.07) is -0.800. The Bertz CT molecular complexity index is 384. The molecular formula is C11H17N3O4. The Morgan fingerprint density at radius 2 is 2.11 bits per heavy atom. The number of piperidine rings is 1. The fourth-order valence-corrected chi connectivity index (χ4v) is 2.62. The molecule has 0 radical (unpaired) electrons. The topological polar surface area (TPSA) is 92.9 Å². The van der Waals surface area contributed by atoms with Gasteiger partial charge in [0.15, 0.2) is 0 Å². The fraction of sp³-hybridized carbons (Fsp3) is 0.727. The lowest BCUT2D eigenvalue weighted by Crippen LogP contribution is -2.57. The van der Waals surface area contributed by atoms with E-state index in [0.717, 1.165) is 5.01 Å². The number of carbonyl (C=O) groups excluding carboxylic acids is 3. The van der Waals surface area contributed by atoms with E-state index >= 15 is 0 Å². The van der Waals surface area contributed by atoms with Crippen LogP contribution in [0.1, 0.15) is 19.3 Å². The van der Waals surface area contributed by atoms with E-state index < -0.39 is 17.9 Å². The van der Waals surface area contributed by atoms with Crippen LogP contribution in [0, 0.1) is 5.92 Å². The molecule has 2 aliphatic heterocycles. The first-order valence-corrected chi connectivity index (χ1v) is 5.99. The van der Waals surface area contributed by atoms with Crippen molar-refractivity contribution in [1.29, 1.82) is 0 Å². The number of hydrogen-bond donors (Lipinski definition) is 1. The van der Waals surface area contributed by atoms with Crippen molar-refractivity contribution >= 4 is 17.8 Å². The van der Waals surface area contributed by atoms with E-state index in [-0.39, 0.29) is 24.8 Å². The van der Waals surface area contributed by atoms with Crippen LogP contribution in [0.15, 0.2) is 0 Å².